The van der Waals surface area contributed by atoms with Gasteiger partial charge in [-0.15, -0.1) is 13.2 Å². The van der Waals surface area contributed by atoms with Crippen molar-refractivity contribution in [3.63, 3.8) is 0 Å². The van der Waals surface area contributed by atoms with Crippen LogP contribution in [-0.2, 0) is 7.05 Å². The molecule has 1 heteroatoms. The molecule has 7 aromatic carbocycles. The van der Waals surface area contributed by atoms with E-state index in [-0.39, 0.29) is 0 Å². The summed E-state index contributed by atoms with van der Waals surface area (Å²) in [6, 6.07) is 51.7. The minimum Gasteiger partial charge on any atom is -0.344 e. The van der Waals surface area contributed by atoms with Crippen LogP contribution in [0.1, 0.15) is 39.2 Å². The lowest BCUT2D eigenvalue weighted by Gasteiger charge is -2.18. The Balaban J connectivity index is 0.000000650. The van der Waals surface area contributed by atoms with Crippen LogP contribution in [0.25, 0.3) is 76.7 Å². The largest absolute Gasteiger partial charge is 0.344 e. The van der Waals surface area contributed by atoms with Gasteiger partial charge in [-0.05, 0) is 105 Å². The first-order valence-electron chi connectivity index (χ1n) is 17.2. The van der Waals surface area contributed by atoms with E-state index >= 15 is 0 Å². The number of rotatable bonds is 4. The highest BCUT2D eigenvalue weighted by atomic mass is 14.9. The third kappa shape index (κ3) is 6.33. The molecule has 0 aliphatic carbocycles. The van der Waals surface area contributed by atoms with Crippen LogP contribution >= 0.6 is 0 Å². The summed E-state index contributed by atoms with van der Waals surface area (Å²) in [6.07, 6.45) is 3.50. The van der Waals surface area contributed by atoms with Crippen molar-refractivity contribution in [2.45, 2.75) is 33.6 Å². The van der Waals surface area contributed by atoms with Crippen molar-refractivity contribution in [3.05, 3.63) is 170 Å². The van der Waals surface area contributed by atoms with Gasteiger partial charge in [0.1, 0.15) is 0 Å². The molecule has 0 atom stereocenters. The van der Waals surface area contributed by atoms with Crippen LogP contribution in [0.2, 0.25) is 0 Å². The summed E-state index contributed by atoms with van der Waals surface area (Å²) in [4.78, 5) is 0. The van der Waals surface area contributed by atoms with Crippen molar-refractivity contribution >= 4 is 43.4 Å². The van der Waals surface area contributed by atoms with E-state index in [4.69, 9.17) is 0 Å². The van der Waals surface area contributed by atoms with Gasteiger partial charge < -0.3 is 4.57 Å². The second-order valence-electron chi connectivity index (χ2n) is 12.8. The Bertz CT molecular complexity index is 2350. The van der Waals surface area contributed by atoms with Crippen LogP contribution in [0.15, 0.2) is 165 Å². The van der Waals surface area contributed by atoms with Gasteiger partial charge in [-0.1, -0.05) is 141 Å². The van der Waals surface area contributed by atoms with Crippen LogP contribution in [0.3, 0.4) is 0 Å². The van der Waals surface area contributed by atoms with Crippen LogP contribution in [0.4, 0.5) is 0 Å². The number of nitrogens with zero attached hydrogens (tertiary/aromatic N) is 1. The molecular formula is C48H45N. The van der Waals surface area contributed by atoms with Crippen LogP contribution < -0.4 is 0 Å². The summed E-state index contributed by atoms with van der Waals surface area (Å²) in [5, 5.41) is 7.74. The lowest BCUT2D eigenvalue weighted by Crippen LogP contribution is -1.92. The van der Waals surface area contributed by atoms with E-state index in [1.807, 2.05) is 13.8 Å². The maximum absolute atomic E-state index is 3.36. The average molecular weight is 636 g/mol. The van der Waals surface area contributed by atoms with Crippen LogP contribution in [0.5, 0.6) is 0 Å². The van der Waals surface area contributed by atoms with E-state index in [0.717, 1.165) is 0 Å². The normalized spacial score (nSPS) is 10.9. The highest BCUT2D eigenvalue weighted by molar-refractivity contribution is 6.21. The van der Waals surface area contributed by atoms with E-state index in [1.54, 1.807) is 12.2 Å². The molecule has 0 fully saturated rings. The molecule has 0 aliphatic heterocycles. The predicted octanol–water partition coefficient (Wildman–Crippen LogP) is 14.1. The van der Waals surface area contributed by atoms with Crippen molar-refractivity contribution in [1.82, 2.24) is 4.57 Å². The van der Waals surface area contributed by atoms with Crippen LogP contribution in [0, 0.1) is 0 Å². The molecular weight excluding hydrogens is 591 g/mol. The van der Waals surface area contributed by atoms with Crippen molar-refractivity contribution in [1.29, 1.82) is 0 Å². The van der Waals surface area contributed by atoms with Crippen LogP contribution in [-0.4, -0.2) is 4.57 Å². The van der Waals surface area contributed by atoms with E-state index in [0.29, 0.717) is 5.92 Å². The number of hydrogen-bond donors (Lipinski definition) is 0. The molecule has 49 heavy (non-hydrogen) atoms. The van der Waals surface area contributed by atoms with E-state index in [2.05, 4.69) is 178 Å². The van der Waals surface area contributed by atoms with Crippen molar-refractivity contribution in [3.8, 4) is 33.4 Å². The van der Waals surface area contributed by atoms with E-state index in [1.165, 1.54) is 82.3 Å². The van der Waals surface area contributed by atoms with Gasteiger partial charge in [0.2, 0.25) is 0 Å². The number of fused-ring (bicyclic) bond motifs is 5. The van der Waals surface area contributed by atoms with Gasteiger partial charge in [-0.2, -0.15) is 0 Å². The molecule has 0 radical (unpaired) electrons. The van der Waals surface area contributed by atoms with Crippen molar-refractivity contribution in [2.24, 2.45) is 7.05 Å². The lowest BCUT2D eigenvalue weighted by atomic mass is 9.85. The molecule has 1 heterocycles. The SMILES string of the molecule is C=CC.C=CC.CC(C)c1ccc(-c2c3ccccc3c(-c3cccc(-c4ccc5c(c4)c4ccccc4n5C)c3)c3ccccc23)cc1. The van der Waals surface area contributed by atoms with Gasteiger partial charge in [0.25, 0.3) is 0 Å². The molecule has 8 aromatic rings. The third-order valence-electron chi connectivity index (χ3n) is 9.20. The molecule has 8 rings (SSSR count). The lowest BCUT2D eigenvalue weighted by molar-refractivity contribution is 0.867. The van der Waals surface area contributed by atoms with Gasteiger partial charge in [-0.3, -0.25) is 0 Å². The first-order chi connectivity index (χ1) is 23.9. The zero-order valence-electron chi connectivity index (χ0n) is 29.4. The topological polar surface area (TPSA) is 4.93 Å². The number of aromatic nitrogens is 1. The monoisotopic (exact) mass is 635 g/mol. The number of para-hydroxylation sites is 1. The summed E-state index contributed by atoms with van der Waals surface area (Å²) in [5.41, 5.74) is 11.5. The smallest absolute Gasteiger partial charge is 0.0489 e. The Morgan fingerprint density at radius 2 is 0.878 bits per heavy atom. The standard InChI is InChI=1S/C42H33N.2C3H6/c1-27(2)28-19-21-29(22-20-28)41-34-14-4-6-16-36(34)42(37-17-7-5-15-35(37)41)32-12-10-11-30(25-32)31-23-24-40-38(26-31)33-13-8-9-18-39(33)43(40)3;2*1-3-2/h4-27H,1-3H3;2*3H,1H2,2H3. The van der Waals surface area contributed by atoms with Gasteiger partial charge in [0, 0.05) is 28.9 Å². The number of allylic oxidation sites excluding steroid dienone is 2. The fourth-order valence-electron chi connectivity index (χ4n) is 6.99. The number of benzene rings is 7. The van der Waals surface area contributed by atoms with E-state index < -0.39 is 0 Å². The maximum atomic E-state index is 3.36. The fourth-order valence-corrected chi connectivity index (χ4v) is 6.99. The fraction of sp³-hybridized carbons (Fsp3) is 0.125. The van der Waals surface area contributed by atoms with Gasteiger partial charge in [0.15, 0.2) is 0 Å². The zero-order chi connectivity index (χ0) is 34.5. The third-order valence-corrected chi connectivity index (χ3v) is 9.20. The maximum Gasteiger partial charge on any atom is 0.0489 e. The first-order valence-corrected chi connectivity index (χ1v) is 17.2. The van der Waals surface area contributed by atoms with Gasteiger partial charge in [-0.25, -0.2) is 0 Å². The molecule has 0 spiro atoms. The van der Waals surface area contributed by atoms with Gasteiger partial charge >= 0.3 is 0 Å². The molecule has 0 amide bonds. The van der Waals surface area contributed by atoms with Crippen molar-refractivity contribution < 1.29 is 0 Å². The average Bonchev–Trinajstić information content (AvgIpc) is 3.42. The summed E-state index contributed by atoms with van der Waals surface area (Å²) < 4.78 is 2.29. The Kier molecular flexibility index (Phi) is 9.92. The second kappa shape index (κ2) is 14.6. The highest BCUT2D eigenvalue weighted by Crippen LogP contribution is 2.44. The zero-order valence-corrected chi connectivity index (χ0v) is 29.4. The predicted molar refractivity (Wildman–Crippen MR) is 218 cm³/mol. The Labute approximate surface area is 291 Å². The summed E-state index contributed by atoms with van der Waals surface area (Å²) in [5.74, 6) is 0.513. The first kappa shape index (κ1) is 33.2. The molecule has 242 valence electrons. The molecule has 0 saturated heterocycles. The number of hydrogen-bond acceptors (Lipinski definition) is 0. The Hall–Kier alpha value is -5.66. The molecule has 1 aromatic heterocycles. The molecule has 0 bridgehead atoms. The molecule has 0 saturated carbocycles. The summed E-state index contributed by atoms with van der Waals surface area (Å²) in [6.45, 7) is 15.0. The molecule has 1 nitrogen and oxygen atoms in total. The highest BCUT2D eigenvalue weighted by Gasteiger charge is 2.17. The summed E-state index contributed by atoms with van der Waals surface area (Å²) in [7, 11) is 2.16. The Morgan fingerprint density at radius 1 is 0.449 bits per heavy atom. The minimum atomic E-state index is 0.513. The van der Waals surface area contributed by atoms with Crippen molar-refractivity contribution in [2.75, 3.05) is 0 Å². The summed E-state index contributed by atoms with van der Waals surface area (Å²) >= 11 is 0. The number of aryl methyl sites for hydroxylation is 1. The quantitative estimate of drug-likeness (QED) is 0.134. The Morgan fingerprint density at radius 3 is 1.43 bits per heavy atom. The minimum absolute atomic E-state index is 0.513. The van der Waals surface area contributed by atoms with Gasteiger partial charge in [0.05, 0.1) is 0 Å². The second-order valence-corrected chi connectivity index (χ2v) is 12.8. The van der Waals surface area contributed by atoms with E-state index in [9.17, 15) is 0 Å². The molecule has 0 aliphatic rings. The molecule has 0 N–H and O–H groups in total. The molecule has 0 unspecified atom stereocenters.